The lowest BCUT2D eigenvalue weighted by molar-refractivity contribution is 0.635. The number of rotatable bonds is 5. The molecule has 0 unspecified atom stereocenters. The lowest BCUT2D eigenvalue weighted by atomic mass is 10.5. The molecule has 0 N–H and O–H groups in total. The molecule has 0 fully saturated rings. The van der Waals surface area contributed by atoms with E-state index in [1.807, 2.05) is 0 Å². The molecule has 30 heteroatoms. The third-order valence-electron chi connectivity index (χ3n) is 10.2. The molecule has 30 nitrogen and oxygen atoms in total. The van der Waals surface area contributed by atoms with Crippen molar-refractivity contribution in [2.45, 2.75) is 67.2 Å². The third kappa shape index (κ3) is 9.28. The molecular weight excluding hydrogens is 981 g/mol. The molecule has 10 aromatic heterocycles. The van der Waals surface area contributed by atoms with Gasteiger partial charge < -0.3 is 22.8 Å². The highest BCUT2D eigenvalue weighted by Crippen LogP contribution is 2.06. The summed E-state index contributed by atoms with van der Waals surface area (Å²) in [6.07, 6.45) is -2.16. The van der Waals surface area contributed by atoms with Crippen molar-refractivity contribution in [1.29, 1.82) is 0 Å². The van der Waals surface area contributed by atoms with Crippen LogP contribution in [0.1, 0.15) is 84.0 Å². The number of imidazole rings is 5. The molecule has 10 heterocycles. The Kier molecular flexibility index (Phi) is 6.92. The minimum Gasteiger partial charge on any atom is -0.328 e. The van der Waals surface area contributed by atoms with Crippen LogP contribution in [0.3, 0.4) is 0 Å². The molecule has 0 atom stereocenters. The van der Waals surface area contributed by atoms with Gasteiger partial charge in [0.1, 0.15) is 5.48 Å². The fourth-order valence-corrected chi connectivity index (χ4v) is 6.57. The van der Waals surface area contributed by atoms with Gasteiger partial charge >= 0.3 is 28.4 Å². The van der Waals surface area contributed by atoms with Crippen molar-refractivity contribution < 1.29 is 49.3 Å². The molecule has 0 aliphatic rings. The fraction of sp³-hybridized carbons (Fsp3) is 0.444. The Hall–Kier alpha value is -9.25. The largest absolute Gasteiger partial charge is 0.332 e. The maximum Gasteiger partial charge on any atom is 0.332 e. The Balaban J connectivity index is 0.000000217. The van der Waals surface area contributed by atoms with Gasteiger partial charge in [0.15, 0.2) is 55.8 Å². The molecule has 0 radical (unpaired) electrons. The summed E-state index contributed by atoms with van der Waals surface area (Å²) in [6, 6.07) is 0. The Bertz CT molecular complexity index is 6030. The van der Waals surface area contributed by atoms with E-state index >= 15 is 0 Å². The van der Waals surface area contributed by atoms with Crippen LogP contribution in [-0.4, -0.2) is 93.4 Å². The van der Waals surface area contributed by atoms with Crippen LogP contribution in [0, 0.1) is 0 Å². The van der Waals surface area contributed by atoms with Crippen LogP contribution >= 0.6 is 0 Å². The topological polar surface area (TPSA) is 309 Å². The highest BCUT2D eigenvalue weighted by Gasteiger charge is 2.17. The molecule has 0 aromatic carbocycles. The van der Waals surface area contributed by atoms with E-state index in [9.17, 15) is 47.9 Å². The summed E-state index contributed by atoms with van der Waals surface area (Å²) in [5.41, 5.74) is -18.0. The van der Waals surface area contributed by atoms with Crippen LogP contribution in [0.5, 0.6) is 0 Å². The molecule has 400 valence electrons. The molecule has 0 saturated carbocycles. The molecular formula is C45H60N20O10. The van der Waals surface area contributed by atoms with E-state index in [2.05, 4.69) is 24.9 Å². The number of fused-ring (bicyclic) bond motifs is 5. The van der Waals surface area contributed by atoms with Crippen molar-refractivity contribution in [2.24, 2.45) is 69.9 Å². The lowest BCUT2D eigenvalue weighted by Gasteiger charge is -2.05. The standard InChI is InChI=1S/5C9H12N4O2/c5*1-4-13-8(14)6-7(10-5-11(6)2)12(3)9(13)15/h5*5H,4H2,1-3H3/i2D3,3D3,4D2,5D;3D3,4D2,5D;2D3,4D2,5D;2D3,3D3,5D;2D3,3D3,4D2. The van der Waals surface area contributed by atoms with Gasteiger partial charge in [0.2, 0.25) is 0 Å². The minimum atomic E-state index is -3.17. The van der Waals surface area contributed by atoms with Gasteiger partial charge in [-0.2, -0.15) is 0 Å². The Morgan fingerprint density at radius 1 is 0.360 bits per heavy atom. The normalized spacial score (nSPS) is 20.3. The highest BCUT2D eigenvalue weighted by molar-refractivity contribution is 5.72. The molecule has 0 saturated heterocycles. The summed E-state index contributed by atoms with van der Waals surface area (Å²) in [5.74, 6) is 0. The SMILES string of the molecule is [2H]C([2H])([2H])n1cnc2c1c(=O)n(C([2H])([2H])C)c(=O)n2C([2H])([2H])[2H].[2H]c1nc2c(c(=O)n(C([2H])([2H])C)c(=O)n2C([2H])([2H])[2H])n1C.[2H]c1nc2c(c(=O)n(C([2H])([2H])C)c(=O)n2C([2H])([2H])[2H])n1C([2H])([2H])[2H].[2H]c1nc2c(c(=O)n(C([2H])([2H])C)c(=O)n2C)n1C([2H])([2H])[2H].[2H]c1nc2c(c(=O)n(CC)c(=O)n2C([2H])([2H])[2H])n1C([2H])([2H])[2H]. The maximum atomic E-state index is 12.5. The van der Waals surface area contributed by atoms with Gasteiger partial charge in [-0.15, -0.1) is 0 Å². The van der Waals surface area contributed by atoms with Crippen molar-refractivity contribution >= 4 is 55.8 Å². The quantitative estimate of drug-likeness (QED) is 0.169. The zero-order valence-electron chi connectivity index (χ0n) is 75.3. The fourth-order valence-electron chi connectivity index (χ4n) is 6.57. The van der Waals surface area contributed by atoms with Crippen LogP contribution in [0.25, 0.3) is 55.8 Å². The first-order valence-corrected chi connectivity index (χ1v) is 20.2. The number of hydrogen-bond acceptors (Lipinski definition) is 15. The van der Waals surface area contributed by atoms with E-state index in [4.69, 9.17) is 49.3 Å². The first-order chi connectivity index (χ1) is 49.4. The van der Waals surface area contributed by atoms with Crippen LogP contribution < -0.4 is 56.2 Å². The van der Waals surface area contributed by atoms with Crippen molar-refractivity contribution in [1.82, 2.24) is 93.4 Å². The zero-order chi connectivity index (χ0) is 86.5. The molecule has 0 bridgehead atoms. The summed E-state index contributed by atoms with van der Waals surface area (Å²) in [5, 5.41) is 0. The Labute approximate surface area is 472 Å². The van der Waals surface area contributed by atoms with Gasteiger partial charge in [0.05, 0.1) is 31.5 Å². The van der Waals surface area contributed by atoms with E-state index in [0.29, 0.717) is 22.8 Å². The molecule has 0 amide bonds. The van der Waals surface area contributed by atoms with Gasteiger partial charge in [-0.05, 0) is 34.6 Å². The zero-order valence-corrected chi connectivity index (χ0v) is 39.3. The van der Waals surface area contributed by atoms with Gasteiger partial charge in [0.25, 0.3) is 27.8 Å². The molecule has 0 aliphatic carbocycles. The molecule has 0 aliphatic heterocycles. The van der Waals surface area contributed by atoms with Gasteiger partial charge in [-0.3, -0.25) is 69.6 Å². The summed E-state index contributed by atoms with van der Waals surface area (Å²) >= 11 is 0. The number of hydrogen-bond donors (Lipinski definition) is 0. The highest BCUT2D eigenvalue weighted by atomic mass is 16.2. The van der Waals surface area contributed by atoms with Crippen molar-refractivity contribution in [3.63, 3.8) is 0 Å². The Morgan fingerprint density at radius 3 is 0.920 bits per heavy atom. The van der Waals surface area contributed by atoms with Crippen LogP contribution in [-0.2, 0) is 102 Å². The third-order valence-corrected chi connectivity index (χ3v) is 10.2. The van der Waals surface area contributed by atoms with Crippen LogP contribution in [0.2, 0.25) is 0 Å². The number of aromatic nitrogens is 20. The van der Waals surface area contributed by atoms with Crippen LogP contribution in [0.4, 0.5) is 0 Å². The molecule has 10 aromatic rings. The minimum absolute atomic E-state index is 0.00887. The van der Waals surface area contributed by atoms with E-state index in [1.165, 1.54) is 21.0 Å². The summed E-state index contributed by atoms with van der Waals surface area (Å²) in [7, 11) is 2.53. The van der Waals surface area contributed by atoms with Gasteiger partial charge in [-0.25, -0.2) is 48.9 Å². The van der Waals surface area contributed by atoms with E-state index in [0.717, 1.165) is 43.2 Å². The second kappa shape index (κ2) is 21.5. The molecule has 75 heavy (non-hydrogen) atoms. The number of aryl methyl sites for hydroxylation is 10. The average Bonchev–Trinajstić information content (AvgIpc) is 1.47. The van der Waals surface area contributed by atoms with E-state index in [-0.39, 0.29) is 54.2 Å². The van der Waals surface area contributed by atoms with Crippen LogP contribution in [0.15, 0.2) is 79.5 Å². The lowest BCUT2D eigenvalue weighted by Crippen LogP contribution is -2.39. The first kappa shape index (κ1) is 24.2. The predicted molar refractivity (Wildman–Crippen MR) is 279 cm³/mol. The van der Waals surface area contributed by atoms with Crippen molar-refractivity contribution in [3.8, 4) is 0 Å². The summed E-state index contributed by atoms with van der Waals surface area (Å²) < 4.78 is 273. The van der Waals surface area contributed by atoms with Gasteiger partial charge in [-0.1, -0.05) is 0 Å². The van der Waals surface area contributed by atoms with E-state index < -0.39 is 208 Å². The summed E-state index contributed by atoms with van der Waals surface area (Å²) in [6.45, 7) is -28.8. The van der Waals surface area contributed by atoms with Gasteiger partial charge in [0, 0.05) is 146 Å². The second-order valence-corrected chi connectivity index (χ2v) is 14.2. The maximum absolute atomic E-state index is 12.5. The predicted octanol–water partition coefficient (Wildman–Crippen LogP) is -2.73. The summed E-state index contributed by atoms with van der Waals surface area (Å²) in [4.78, 5) is 141. The average molecular weight is 1080 g/mol. The smallest absolute Gasteiger partial charge is 0.328 e. The Morgan fingerprint density at radius 2 is 0.613 bits per heavy atom. The molecule has 0 spiro atoms. The first-order valence-electron chi connectivity index (χ1n) is 38.2. The van der Waals surface area contributed by atoms with Crippen molar-refractivity contribution in [3.05, 3.63) is 136 Å². The van der Waals surface area contributed by atoms with E-state index in [1.54, 1.807) is 0 Å². The monoisotopic (exact) mass is 1080 g/mol. The number of nitrogens with zero attached hydrogens (tertiary/aromatic N) is 20. The molecule has 10 rings (SSSR count). The van der Waals surface area contributed by atoms with Crippen molar-refractivity contribution in [2.75, 3.05) is 0 Å². The second-order valence-electron chi connectivity index (χ2n) is 14.2.